The third-order valence-corrected chi connectivity index (χ3v) is 3.10. The summed E-state index contributed by atoms with van der Waals surface area (Å²) >= 11 is 0. The molecule has 1 aromatic rings. The van der Waals surface area contributed by atoms with Gasteiger partial charge in [0.15, 0.2) is 18.1 Å². The van der Waals surface area contributed by atoms with Gasteiger partial charge in [-0.05, 0) is 31.5 Å². The van der Waals surface area contributed by atoms with Crippen LogP contribution in [0, 0.1) is 0 Å². The van der Waals surface area contributed by atoms with Crippen molar-refractivity contribution in [1.29, 1.82) is 0 Å². The molecule has 1 aromatic carbocycles. The van der Waals surface area contributed by atoms with Gasteiger partial charge in [-0.3, -0.25) is 10.1 Å². The predicted octanol–water partition coefficient (Wildman–Crippen LogP) is 1.88. The molecule has 0 aliphatic carbocycles. The summed E-state index contributed by atoms with van der Waals surface area (Å²) in [6.45, 7) is 4.11. The Labute approximate surface area is 146 Å². The van der Waals surface area contributed by atoms with Crippen molar-refractivity contribution in [3.8, 4) is 11.5 Å². The highest BCUT2D eigenvalue weighted by atomic mass is 16.5. The summed E-state index contributed by atoms with van der Waals surface area (Å²) in [6, 6.07) is 3.93. The molecule has 25 heavy (non-hydrogen) atoms. The molecule has 3 amide bonds. The lowest BCUT2D eigenvalue weighted by atomic mass is 10.2. The van der Waals surface area contributed by atoms with Crippen LogP contribution in [0.1, 0.15) is 37.0 Å². The van der Waals surface area contributed by atoms with Gasteiger partial charge in [0.1, 0.15) is 0 Å². The van der Waals surface area contributed by atoms with E-state index in [-0.39, 0.29) is 5.56 Å². The molecule has 138 valence electrons. The molecule has 1 rings (SSSR count). The molecule has 0 aromatic heterocycles. The average Bonchev–Trinajstić information content (AvgIpc) is 2.60. The highest BCUT2D eigenvalue weighted by Crippen LogP contribution is 2.28. The van der Waals surface area contributed by atoms with E-state index in [9.17, 15) is 14.4 Å². The first kappa shape index (κ1) is 20.3. The number of nitrogens with one attached hydrogen (secondary N) is 2. The van der Waals surface area contributed by atoms with Gasteiger partial charge in [-0.1, -0.05) is 13.3 Å². The van der Waals surface area contributed by atoms with E-state index in [2.05, 4.69) is 10.6 Å². The topological polar surface area (TPSA) is 103 Å². The van der Waals surface area contributed by atoms with Crippen molar-refractivity contribution < 1.29 is 28.6 Å². The summed E-state index contributed by atoms with van der Waals surface area (Å²) in [5.74, 6) is -0.523. The van der Waals surface area contributed by atoms with Crippen LogP contribution in [0.25, 0.3) is 0 Å². The molecule has 0 atom stereocenters. The first-order valence-electron chi connectivity index (χ1n) is 8.07. The van der Waals surface area contributed by atoms with Crippen LogP contribution < -0.4 is 20.1 Å². The van der Waals surface area contributed by atoms with Gasteiger partial charge >= 0.3 is 12.0 Å². The minimum Gasteiger partial charge on any atom is -0.493 e. The largest absolute Gasteiger partial charge is 0.493 e. The molecule has 0 saturated heterocycles. The molecule has 0 fully saturated rings. The summed E-state index contributed by atoms with van der Waals surface area (Å²) in [5, 5.41) is 4.61. The van der Waals surface area contributed by atoms with E-state index >= 15 is 0 Å². The van der Waals surface area contributed by atoms with E-state index in [1.165, 1.54) is 19.2 Å². The number of carbonyl (C=O) groups is 3. The Hall–Kier alpha value is -2.77. The molecule has 0 aliphatic heterocycles. The highest BCUT2D eigenvalue weighted by Gasteiger charge is 2.15. The van der Waals surface area contributed by atoms with Crippen LogP contribution in [0.3, 0.4) is 0 Å². The maximum atomic E-state index is 12.0. The van der Waals surface area contributed by atoms with Crippen molar-refractivity contribution >= 4 is 17.9 Å². The monoisotopic (exact) mass is 352 g/mol. The third-order valence-electron chi connectivity index (χ3n) is 3.10. The first-order valence-corrected chi connectivity index (χ1v) is 8.07. The van der Waals surface area contributed by atoms with E-state index in [1.807, 2.05) is 6.92 Å². The van der Waals surface area contributed by atoms with Crippen molar-refractivity contribution in [2.24, 2.45) is 0 Å². The van der Waals surface area contributed by atoms with Crippen LogP contribution >= 0.6 is 0 Å². The van der Waals surface area contributed by atoms with Crippen molar-refractivity contribution in [2.75, 3.05) is 26.9 Å². The minimum atomic E-state index is -0.708. The Kier molecular flexibility index (Phi) is 8.84. The Balaban J connectivity index is 2.52. The van der Waals surface area contributed by atoms with Gasteiger partial charge in [0.2, 0.25) is 0 Å². The Morgan fingerprint density at radius 3 is 2.52 bits per heavy atom. The third kappa shape index (κ3) is 7.11. The molecule has 0 heterocycles. The minimum absolute atomic E-state index is 0.212. The van der Waals surface area contributed by atoms with Crippen molar-refractivity contribution in [1.82, 2.24) is 10.6 Å². The lowest BCUT2D eigenvalue weighted by molar-refractivity contribution is -0.123. The number of unbranched alkanes of at least 4 members (excludes halogenated alkanes) is 1. The summed E-state index contributed by atoms with van der Waals surface area (Å²) in [5.41, 5.74) is 0.212. The van der Waals surface area contributed by atoms with Crippen LogP contribution in [0.4, 0.5) is 4.79 Å². The zero-order valence-electron chi connectivity index (χ0n) is 14.7. The van der Waals surface area contributed by atoms with Gasteiger partial charge < -0.3 is 19.5 Å². The molecule has 8 nitrogen and oxygen atoms in total. The van der Waals surface area contributed by atoms with E-state index < -0.39 is 24.5 Å². The van der Waals surface area contributed by atoms with E-state index in [1.54, 1.807) is 13.0 Å². The molecule has 0 saturated carbocycles. The highest BCUT2D eigenvalue weighted by molar-refractivity contribution is 5.97. The number of carbonyl (C=O) groups excluding carboxylic acids is 3. The van der Waals surface area contributed by atoms with E-state index in [0.29, 0.717) is 24.7 Å². The number of amides is 3. The normalized spacial score (nSPS) is 9.88. The standard InChI is InChI=1S/C17H24N2O6/c1-4-6-9-18-17(22)19-15(20)11-25-16(21)12-7-8-13(23-3)14(10-12)24-5-2/h7-8,10H,4-6,9,11H2,1-3H3,(H2,18,19,20,22). The number of rotatable bonds is 9. The van der Waals surface area contributed by atoms with Gasteiger partial charge in [-0.15, -0.1) is 0 Å². The zero-order valence-corrected chi connectivity index (χ0v) is 14.7. The Bertz CT molecular complexity index is 603. The maximum Gasteiger partial charge on any atom is 0.338 e. The summed E-state index contributed by atoms with van der Waals surface area (Å²) in [7, 11) is 1.49. The number of hydrogen-bond acceptors (Lipinski definition) is 6. The number of benzene rings is 1. The smallest absolute Gasteiger partial charge is 0.338 e. The molecule has 0 radical (unpaired) electrons. The molecule has 0 spiro atoms. The second-order valence-electron chi connectivity index (χ2n) is 5.03. The molecule has 0 bridgehead atoms. The first-order chi connectivity index (χ1) is 12.0. The molecular formula is C17H24N2O6. The summed E-state index contributed by atoms with van der Waals surface area (Å²) in [4.78, 5) is 35.0. The van der Waals surface area contributed by atoms with Gasteiger partial charge in [0, 0.05) is 6.54 Å². The van der Waals surface area contributed by atoms with Gasteiger partial charge in [0.05, 0.1) is 19.3 Å². The number of ether oxygens (including phenoxy) is 3. The van der Waals surface area contributed by atoms with Crippen molar-refractivity contribution in [3.63, 3.8) is 0 Å². The van der Waals surface area contributed by atoms with Crippen LogP contribution in [0.2, 0.25) is 0 Å². The van der Waals surface area contributed by atoms with Gasteiger partial charge in [0.25, 0.3) is 5.91 Å². The number of methoxy groups -OCH3 is 1. The molecule has 2 N–H and O–H groups in total. The van der Waals surface area contributed by atoms with Crippen molar-refractivity contribution in [3.05, 3.63) is 23.8 Å². The number of imide groups is 1. The maximum absolute atomic E-state index is 12.0. The second kappa shape index (κ2) is 10.9. The van der Waals surface area contributed by atoms with Gasteiger partial charge in [-0.2, -0.15) is 0 Å². The van der Waals surface area contributed by atoms with Crippen LogP contribution in [-0.4, -0.2) is 44.8 Å². The summed E-state index contributed by atoms with van der Waals surface area (Å²) < 4.78 is 15.4. The van der Waals surface area contributed by atoms with Crippen LogP contribution in [0.5, 0.6) is 11.5 Å². The van der Waals surface area contributed by atoms with Gasteiger partial charge in [-0.25, -0.2) is 9.59 Å². The van der Waals surface area contributed by atoms with Crippen LogP contribution in [0.15, 0.2) is 18.2 Å². The fourth-order valence-electron chi connectivity index (χ4n) is 1.87. The van der Waals surface area contributed by atoms with Crippen LogP contribution in [-0.2, 0) is 9.53 Å². The molecule has 0 aliphatic rings. The lowest BCUT2D eigenvalue weighted by Crippen LogP contribution is -2.41. The van der Waals surface area contributed by atoms with E-state index in [4.69, 9.17) is 14.2 Å². The number of hydrogen-bond donors (Lipinski definition) is 2. The SMILES string of the molecule is CCCCNC(=O)NC(=O)COC(=O)c1ccc(OC)c(OCC)c1. The molecular weight excluding hydrogens is 328 g/mol. The fraction of sp³-hybridized carbons (Fsp3) is 0.471. The predicted molar refractivity (Wildman–Crippen MR) is 90.9 cm³/mol. The molecule has 8 heteroatoms. The van der Waals surface area contributed by atoms with Crippen molar-refractivity contribution in [2.45, 2.75) is 26.7 Å². The Morgan fingerprint density at radius 1 is 1.12 bits per heavy atom. The fourth-order valence-corrected chi connectivity index (χ4v) is 1.87. The molecule has 0 unspecified atom stereocenters. The zero-order chi connectivity index (χ0) is 18.7. The average molecular weight is 352 g/mol. The second-order valence-corrected chi connectivity index (χ2v) is 5.03. The lowest BCUT2D eigenvalue weighted by Gasteiger charge is -2.11. The van der Waals surface area contributed by atoms with E-state index in [0.717, 1.165) is 12.8 Å². The Morgan fingerprint density at radius 2 is 1.88 bits per heavy atom. The quantitative estimate of drug-likeness (QED) is 0.519. The number of urea groups is 1. The number of esters is 1. The summed E-state index contributed by atoms with van der Waals surface area (Å²) in [6.07, 6.45) is 1.74.